The van der Waals surface area contributed by atoms with Crippen molar-refractivity contribution >= 4 is 12.0 Å². The van der Waals surface area contributed by atoms with Crippen LogP contribution in [0.4, 0.5) is 9.18 Å². The monoisotopic (exact) mass is 274 g/mol. The molecule has 0 saturated carbocycles. The number of halogens is 1. The minimum atomic E-state index is -0.972. The highest BCUT2D eigenvalue weighted by atomic mass is 19.1. The van der Waals surface area contributed by atoms with Gasteiger partial charge in [-0.05, 0) is 12.3 Å². The van der Waals surface area contributed by atoms with E-state index in [9.17, 15) is 14.0 Å². The topological polar surface area (TPSA) is 58.6 Å². The normalized spacial score (nSPS) is 24.4. The van der Waals surface area contributed by atoms with Crippen molar-refractivity contribution in [2.45, 2.75) is 51.9 Å². The van der Waals surface area contributed by atoms with E-state index >= 15 is 0 Å². The number of carbonyl (C=O) groups is 2. The number of ether oxygens (including phenoxy) is 1. The number of alkyl halides is 1. The van der Waals surface area contributed by atoms with Gasteiger partial charge in [0, 0.05) is 12.5 Å². The molecule has 19 heavy (non-hydrogen) atoms. The maximum absolute atomic E-state index is 13.5. The smallest absolute Gasteiger partial charge is 0.407 e. The van der Waals surface area contributed by atoms with Crippen molar-refractivity contribution in [2.24, 2.45) is 5.92 Å². The maximum atomic E-state index is 13.5. The molecule has 0 aromatic carbocycles. The predicted octanol–water partition coefficient (Wildman–Crippen LogP) is 1.72. The van der Waals surface area contributed by atoms with Gasteiger partial charge in [-0.15, -0.1) is 0 Å². The van der Waals surface area contributed by atoms with E-state index in [1.165, 1.54) is 7.11 Å². The molecule has 1 heterocycles. The largest absolute Gasteiger partial charge is 0.453 e. The van der Waals surface area contributed by atoms with Crippen molar-refractivity contribution in [3.63, 3.8) is 0 Å². The van der Waals surface area contributed by atoms with E-state index in [1.807, 2.05) is 20.8 Å². The Morgan fingerprint density at radius 2 is 2.11 bits per heavy atom. The van der Waals surface area contributed by atoms with E-state index in [-0.39, 0.29) is 24.4 Å². The molecule has 0 aliphatic carbocycles. The highest BCUT2D eigenvalue weighted by Crippen LogP contribution is 2.24. The van der Waals surface area contributed by atoms with Gasteiger partial charge in [0.1, 0.15) is 12.2 Å². The molecule has 0 bridgehead atoms. The Morgan fingerprint density at radius 3 is 2.58 bits per heavy atom. The van der Waals surface area contributed by atoms with Crippen molar-refractivity contribution in [3.8, 4) is 0 Å². The second-order valence-corrected chi connectivity index (χ2v) is 5.24. The molecule has 110 valence electrons. The summed E-state index contributed by atoms with van der Waals surface area (Å²) in [5.41, 5.74) is 0. The molecule has 5 nitrogen and oxygen atoms in total. The Morgan fingerprint density at radius 1 is 1.47 bits per heavy atom. The highest BCUT2D eigenvalue weighted by Gasteiger charge is 2.38. The van der Waals surface area contributed by atoms with E-state index in [4.69, 9.17) is 0 Å². The van der Waals surface area contributed by atoms with Crippen LogP contribution in [0.3, 0.4) is 0 Å². The molecule has 3 unspecified atom stereocenters. The fourth-order valence-electron chi connectivity index (χ4n) is 2.39. The highest BCUT2D eigenvalue weighted by molar-refractivity contribution is 5.86. The molecule has 1 aliphatic heterocycles. The Bertz CT molecular complexity index is 336. The van der Waals surface area contributed by atoms with Gasteiger partial charge in [0.25, 0.3) is 0 Å². The molecule has 0 spiro atoms. The lowest BCUT2D eigenvalue weighted by Crippen LogP contribution is -2.52. The third kappa shape index (κ3) is 3.81. The number of rotatable bonds is 4. The summed E-state index contributed by atoms with van der Waals surface area (Å²) in [5, 5.41) is 2.53. The van der Waals surface area contributed by atoms with Gasteiger partial charge in [0.05, 0.1) is 13.7 Å². The van der Waals surface area contributed by atoms with E-state index in [2.05, 4.69) is 10.1 Å². The maximum Gasteiger partial charge on any atom is 0.407 e. The molecule has 2 amide bonds. The zero-order chi connectivity index (χ0) is 14.6. The number of methoxy groups -OCH3 is 1. The van der Waals surface area contributed by atoms with Crippen LogP contribution >= 0.6 is 0 Å². The van der Waals surface area contributed by atoms with Crippen molar-refractivity contribution in [2.75, 3.05) is 13.7 Å². The van der Waals surface area contributed by atoms with Crippen LogP contribution in [0.5, 0.6) is 0 Å². The lowest BCUT2D eigenvalue weighted by molar-refractivity contribution is -0.135. The Balaban J connectivity index is 2.78. The minimum Gasteiger partial charge on any atom is -0.453 e. The molecule has 6 heteroatoms. The van der Waals surface area contributed by atoms with Gasteiger partial charge in [0.15, 0.2) is 0 Å². The molecular weight excluding hydrogens is 251 g/mol. The summed E-state index contributed by atoms with van der Waals surface area (Å²) >= 11 is 0. The molecular formula is C13H23FN2O3. The van der Waals surface area contributed by atoms with Crippen LogP contribution in [0.15, 0.2) is 0 Å². The van der Waals surface area contributed by atoms with Gasteiger partial charge < -0.3 is 15.0 Å². The third-order valence-electron chi connectivity index (χ3n) is 3.51. The summed E-state index contributed by atoms with van der Waals surface area (Å²) in [4.78, 5) is 25.3. The van der Waals surface area contributed by atoms with Crippen LogP contribution in [-0.2, 0) is 9.53 Å². The van der Waals surface area contributed by atoms with Gasteiger partial charge in [-0.2, -0.15) is 0 Å². The molecule has 1 rings (SSSR count). The second-order valence-electron chi connectivity index (χ2n) is 5.24. The molecule has 3 atom stereocenters. The summed E-state index contributed by atoms with van der Waals surface area (Å²) in [5.74, 6) is -0.310. The first kappa shape index (κ1) is 15.7. The van der Waals surface area contributed by atoms with Crippen molar-refractivity contribution in [1.29, 1.82) is 0 Å². The van der Waals surface area contributed by atoms with Crippen molar-refractivity contribution in [3.05, 3.63) is 0 Å². The summed E-state index contributed by atoms with van der Waals surface area (Å²) in [6.45, 7) is 5.72. The van der Waals surface area contributed by atoms with Crippen LogP contribution < -0.4 is 5.32 Å². The summed E-state index contributed by atoms with van der Waals surface area (Å²) in [7, 11) is 1.25. The fourth-order valence-corrected chi connectivity index (χ4v) is 2.39. The SMILES string of the molecule is CCC1CC(F)CN1C(=O)C(NC(=O)OC)C(C)C. The zero-order valence-corrected chi connectivity index (χ0v) is 12.0. The number of hydrogen-bond acceptors (Lipinski definition) is 3. The average Bonchev–Trinajstić information content (AvgIpc) is 2.75. The van der Waals surface area contributed by atoms with Crippen LogP contribution in [0.25, 0.3) is 0 Å². The number of amides is 2. The summed E-state index contributed by atoms with van der Waals surface area (Å²) in [6, 6.07) is -0.755. The number of alkyl carbamates (subject to hydrolysis) is 1. The quantitative estimate of drug-likeness (QED) is 0.849. The summed E-state index contributed by atoms with van der Waals surface area (Å²) < 4.78 is 18.0. The predicted molar refractivity (Wildman–Crippen MR) is 69.5 cm³/mol. The van der Waals surface area contributed by atoms with Crippen LogP contribution in [0.1, 0.15) is 33.6 Å². The first-order valence-corrected chi connectivity index (χ1v) is 6.69. The Hall–Kier alpha value is -1.33. The van der Waals surface area contributed by atoms with E-state index in [0.717, 1.165) is 6.42 Å². The lowest BCUT2D eigenvalue weighted by atomic mass is 10.0. The number of nitrogens with zero attached hydrogens (tertiary/aromatic N) is 1. The standard InChI is InChI=1S/C13H23FN2O3/c1-5-10-6-9(14)7-16(10)12(17)11(8(2)3)15-13(18)19-4/h8-11H,5-7H2,1-4H3,(H,15,18). The van der Waals surface area contributed by atoms with Gasteiger partial charge in [0.2, 0.25) is 5.91 Å². The number of likely N-dealkylation sites (tertiary alicyclic amines) is 1. The third-order valence-corrected chi connectivity index (χ3v) is 3.51. The van der Waals surface area contributed by atoms with E-state index in [1.54, 1.807) is 4.90 Å². The fraction of sp³-hybridized carbons (Fsp3) is 0.846. The number of hydrogen-bond donors (Lipinski definition) is 1. The summed E-state index contributed by atoms with van der Waals surface area (Å²) in [6.07, 6.45) is -0.517. The first-order chi connectivity index (χ1) is 8.90. The lowest BCUT2D eigenvalue weighted by Gasteiger charge is -2.30. The molecule has 1 aliphatic rings. The van der Waals surface area contributed by atoms with Crippen LogP contribution in [0, 0.1) is 5.92 Å². The van der Waals surface area contributed by atoms with Gasteiger partial charge in [-0.1, -0.05) is 20.8 Å². The van der Waals surface area contributed by atoms with Crippen molar-refractivity contribution < 1.29 is 18.7 Å². The first-order valence-electron chi connectivity index (χ1n) is 6.69. The molecule has 0 aromatic rings. The minimum absolute atomic E-state index is 0.0804. The van der Waals surface area contributed by atoms with Crippen LogP contribution in [0.2, 0.25) is 0 Å². The van der Waals surface area contributed by atoms with Gasteiger partial charge in [-0.3, -0.25) is 4.79 Å². The number of nitrogens with one attached hydrogen (secondary N) is 1. The van der Waals surface area contributed by atoms with Gasteiger partial charge in [-0.25, -0.2) is 9.18 Å². The number of carbonyl (C=O) groups excluding carboxylic acids is 2. The molecule has 1 N–H and O–H groups in total. The van der Waals surface area contributed by atoms with E-state index in [0.29, 0.717) is 6.42 Å². The molecule has 0 radical (unpaired) electrons. The molecule has 0 aromatic heterocycles. The van der Waals surface area contributed by atoms with Gasteiger partial charge >= 0.3 is 6.09 Å². The van der Waals surface area contributed by atoms with Crippen LogP contribution in [-0.4, -0.2) is 48.8 Å². The Labute approximate surface area is 113 Å². The Kier molecular flexibility index (Phi) is 5.57. The second kappa shape index (κ2) is 6.73. The average molecular weight is 274 g/mol. The van der Waals surface area contributed by atoms with Crippen molar-refractivity contribution in [1.82, 2.24) is 10.2 Å². The zero-order valence-electron chi connectivity index (χ0n) is 12.0. The molecule has 1 saturated heterocycles. The molecule has 1 fully saturated rings. The van der Waals surface area contributed by atoms with E-state index < -0.39 is 18.3 Å².